The van der Waals surface area contributed by atoms with Gasteiger partial charge in [0, 0.05) is 17.9 Å². The predicted octanol–water partition coefficient (Wildman–Crippen LogP) is 2.20. The molecular weight excluding hydrogens is 188 g/mol. The molecule has 0 aromatic heterocycles. The summed E-state index contributed by atoms with van der Waals surface area (Å²) in [4.78, 5) is 4.62. The predicted molar refractivity (Wildman–Crippen MR) is 64.1 cm³/mol. The Labute approximate surface area is 93.1 Å². The van der Waals surface area contributed by atoms with Gasteiger partial charge in [0.25, 0.3) is 0 Å². The molecule has 0 aliphatic heterocycles. The summed E-state index contributed by atoms with van der Waals surface area (Å²) >= 11 is 0. The number of methoxy groups -OCH3 is 1. The minimum absolute atomic E-state index is 0.0335. The van der Waals surface area contributed by atoms with Crippen LogP contribution in [0.15, 0.2) is 4.99 Å². The summed E-state index contributed by atoms with van der Waals surface area (Å²) in [5.41, 5.74) is 6.06. The fraction of sp³-hybridized carbons (Fsp3) is 0.917. The lowest BCUT2D eigenvalue weighted by molar-refractivity contribution is -0.0852. The van der Waals surface area contributed by atoms with Crippen LogP contribution in [0.25, 0.3) is 0 Å². The number of ether oxygens (including phenoxy) is 1. The van der Waals surface area contributed by atoms with Gasteiger partial charge in [0.05, 0.1) is 18.0 Å². The number of amidine groups is 1. The van der Waals surface area contributed by atoms with Crippen LogP contribution >= 0.6 is 0 Å². The first-order valence-corrected chi connectivity index (χ1v) is 5.56. The van der Waals surface area contributed by atoms with Crippen molar-refractivity contribution < 1.29 is 4.74 Å². The number of aliphatic imine (C=N–C) groups is 1. The highest BCUT2D eigenvalue weighted by atomic mass is 16.5. The Bertz CT molecular complexity index is 263. The van der Waals surface area contributed by atoms with E-state index in [1.54, 1.807) is 7.11 Å². The average molecular weight is 212 g/mol. The molecule has 0 amide bonds. The van der Waals surface area contributed by atoms with Crippen LogP contribution in [0.1, 0.15) is 41.0 Å². The Morgan fingerprint density at radius 3 is 2.27 bits per heavy atom. The van der Waals surface area contributed by atoms with Crippen LogP contribution in [-0.4, -0.2) is 25.1 Å². The van der Waals surface area contributed by atoms with E-state index < -0.39 is 0 Å². The highest BCUT2D eigenvalue weighted by Crippen LogP contribution is 2.44. The van der Waals surface area contributed by atoms with Gasteiger partial charge in [-0.3, -0.25) is 4.99 Å². The van der Waals surface area contributed by atoms with Crippen molar-refractivity contribution in [3.63, 3.8) is 0 Å². The molecule has 2 unspecified atom stereocenters. The van der Waals surface area contributed by atoms with Crippen molar-refractivity contribution in [1.29, 1.82) is 0 Å². The summed E-state index contributed by atoms with van der Waals surface area (Å²) in [7, 11) is 1.76. The zero-order chi connectivity index (χ0) is 11.9. The van der Waals surface area contributed by atoms with Crippen LogP contribution in [0, 0.1) is 10.8 Å². The summed E-state index contributed by atoms with van der Waals surface area (Å²) in [6.45, 7) is 10.6. The van der Waals surface area contributed by atoms with Crippen LogP contribution < -0.4 is 5.73 Å². The molecule has 0 radical (unpaired) electrons. The minimum Gasteiger partial charge on any atom is -0.387 e. The van der Waals surface area contributed by atoms with E-state index in [1.165, 1.54) is 0 Å². The van der Waals surface area contributed by atoms with E-state index in [9.17, 15) is 0 Å². The van der Waals surface area contributed by atoms with Gasteiger partial charge >= 0.3 is 0 Å². The quantitative estimate of drug-likeness (QED) is 0.563. The van der Waals surface area contributed by atoms with Crippen molar-refractivity contribution >= 4 is 5.84 Å². The van der Waals surface area contributed by atoms with Crippen molar-refractivity contribution in [2.75, 3.05) is 7.11 Å². The Balaban J connectivity index is 2.71. The van der Waals surface area contributed by atoms with Gasteiger partial charge in [-0.25, -0.2) is 0 Å². The summed E-state index contributed by atoms with van der Waals surface area (Å²) in [5, 5.41) is 0. The second kappa shape index (κ2) is 3.78. The average Bonchev–Trinajstić information content (AvgIpc) is 2.09. The van der Waals surface area contributed by atoms with Crippen molar-refractivity contribution in [3.05, 3.63) is 0 Å². The van der Waals surface area contributed by atoms with Crippen molar-refractivity contribution in [2.45, 2.75) is 53.2 Å². The van der Waals surface area contributed by atoms with Crippen molar-refractivity contribution in [1.82, 2.24) is 0 Å². The zero-order valence-electron chi connectivity index (χ0n) is 10.8. The lowest BCUT2D eigenvalue weighted by atomic mass is 9.64. The van der Waals surface area contributed by atoms with Crippen molar-refractivity contribution in [3.8, 4) is 0 Å². The molecule has 0 aromatic rings. The number of hydrogen-bond donors (Lipinski definition) is 1. The molecule has 2 N–H and O–H groups in total. The number of nitrogens with two attached hydrogens (primary N) is 1. The van der Waals surface area contributed by atoms with Crippen LogP contribution in [0.4, 0.5) is 0 Å². The Morgan fingerprint density at radius 2 is 1.93 bits per heavy atom. The lowest BCUT2D eigenvalue weighted by Crippen LogP contribution is -2.54. The zero-order valence-corrected chi connectivity index (χ0v) is 10.8. The standard InChI is InChI=1S/C12H24N2O/c1-11(2,3)10(13)14-8-7-9(15-6)12(8,4)5/h8-9H,7H2,1-6H3,(H2,13,14). The fourth-order valence-corrected chi connectivity index (χ4v) is 1.84. The van der Waals surface area contributed by atoms with E-state index in [0.29, 0.717) is 12.1 Å². The van der Waals surface area contributed by atoms with Gasteiger partial charge in [0.15, 0.2) is 0 Å². The minimum atomic E-state index is -0.0335. The molecule has 0 saturated heterocycles. The van der Waals surface area contributed by atoms with Gasteiger partial charge in [0.1, 0.15) is 0 Å². The number of nitrogens with zero attached hydrogens (tertiary/aromatic N) is 1. The van der Waals surface area contributed by atoms with E-state index in [-0.39, 0.29) is 10.8 Å². The molecule has 3 nitrogen and oxygen atoms in total. The fourth-order valence-electron chi connectivity index (χ4n) is 1.84. The van der Waals surface area contributed by atoms with Gasteiger partial charge in [-0.2, -0.15) is 0 Å². The first-order chi connectivity index (χ1) is 6.69. The van der Waals surface area contributed by atoms with E-state index in [0.717, 1.165) is 12.3 Å². The van der Waals surface area contributed by atoms with Crippen LogP contribution in [0.5, 0.6) is 0 Å². The number of rotatable bonds is 2. The molecule has 1 fully saturated rings. The molecule has 88 valence electrons. The summed E-state index contributed by atoms with van der Waals surface area (Å²) in [6.07, 6.45) is 1.30. The molecular formula is C12H24N2O. The topological polar surface area (TPSA) is 47.6 Å². The van der Waals surface area contributed by atoms with Crippen molar-refractivity contribution in [2.24, 2.45) is 21.6 Å². The van der Waals surface area contributed by atoms with E-state index in [2.05, 4.69) is 39.6 Å². The molecule has 1 aliphatic rings. The maximum atomic E-state index is 5.98. The molecule has 2 atom stereocenters. The Morgan fingerprint density at radius 1 is 1.40 bits per heavy atom. The highest BCUT2D eigenvalue weighted by Gasteiger charge is 2.49. The molecule has 0 aromatic carbocycles. The maximum absolute atomic E-state index is 5.98. The van der Waals surface area contributed by atoms with Crippen LogP contribution in [0.2, 0.25) is 0 Å². The highest BCUT2D eigenvalue weighted by molar-refractivity contribution is 5.85. The Kier molecular flexibility index (Phi) is 3.15. The molecule has 1 aliphatic carbocycles. The third kappa shape index (κ3) is 2.33. The summed E-state index contributed by atoms with van der Waals surface area (Å²) in [5.74, 6) is 0.745. The lowest BCUT2D eigenvalue weighted by Gasteiger charge is -2.49. The summed E-state index contributed by atoms with van der Waals surface area (Å²) in [6, 6.07) is 0.307. The normalized spacial score (nSPS) is 31.2. The second-order valence-electron chi connectivity index (χ2n) is 6.06. The smallest absolute Gasteiger partial charge is 0.0995 e. The largest absolute Gasteiger partial charge is 0.387 e. The SMILES string of the molecule is COC1CC(N=C(N)C(C)(C)C)C1(C)C. The van der Waals surface area contributed by atoms with Gasteiger partial charge in [0.2, 0.25) is 0 Å². The molecule has 0 spiro atoms. The second-order valence-corrected chi connectivity index (χ2v) is 6.06. The Hall–Kier alpha value is -0.570. The third-order valence-corrected chi connectivity index (χ3v) is 3.47. The van der Waals surface area contributed by atoms with Gasteiger partial charge in [-0.1, -0.05) is 34.6 Å². The maximum Gasteiger partial charge on any atom is 0.0995 e. The van der Waals surface area contributed by atoms with E-state index in [4.69, 9.17) is 10.5 Å². The molecule has 0 bridgehead atoms. The first kappa shape index (κ1) is 12.5. The molecule has 1 saturated carbocycles. The van der Waals surface area contributed by atoms with Gasteiger partial charge in [-0.15, -0.1) is 0 Å². The molecule has 0 heterocycles. The third-order valence-electron chi connectivity index (χ3n) is 3.47. The van der Waals surface area contributed by atoms with Crippen LogP contribution in [-0.2, 0) is 4.74 Å². The molecule has 15 heavy (non-hydrogen) atoms. The van der Waals surface area contributed by atoms with E-state index >= 15 is 0 Å². The first-order valence-electron chi connectivity index (χ1n) is 5.56. The van der Waals surface area contributed by atoms with Gasteiger partial charge < -0.3 is 10.5 Å². The molecule has 1 rings (SSSR count). The summed E-state index contributed by atoms with van der Waals surface area (Å²) < 4.78 is 5.39. The number of hydrogen-bond acceptors (Lipinski definition) is 2. The van der Waals surface area contributed by atoms with E-state index in [1.807, 2.05) is 0 Å². The van der Waals surface area contributed by atoms with Crippen LogP contribution in [0.3, 0.4) is 0 Å². The molecule has 3 heteroatoms. The monoisotopic (exact) mass is 212 g/mol. The van der Waals surface area contributed by atoms with Gasteiger partial charge in [-0.05, 0) is 6.42 Å².